The van der Waals surface area contributed by atoms with Crippen molar-refractivity contribution in [2.75, 3.05) is 25.1 Å². The molecule has 0 saturated carbocycles. The van der Waals surface area contributed by atoms with Crippen molar-refractivity contribution in [1.82, 2.24) is 5.32 Å². The molecule has 0 amide bonds. The van der Waals surface area contributed by atoms with Gasteiger partial charge >= 0.3 is 0 Å². The number of hydrogen-bond donors (Lipinski definition) is 2. The number of aliphatic hydroxyl groups is 1. The number of nitrogens with one attached hydrogen (secondary N) is 1. The van der Waals surface area contributed by atoms with E-state index in [1.54, 1.807) is 0 Å². The van der Waals surface area contributed by atoms with Crippen LogP contribution in [0.4, 0.5) is 5.69 Å². The van der Waals surface area contributed by atoms with E-state index in [0.29, 0.717) is 18.2 Å². The van der Waals surface area contributed by atoms with Crippen LogP contribution in [0.25, 0.3) is 0 Å². The molecule has 110 valence electrons. The highest BCUT2D eigenvalue weighted by molar-refractivity contribution is 5.61. The number of aliphatic hydroxyl groups excluding tert-OH is 1. The van der Waals surface area contributed by atoms with Crippen molar-refractivity contribution < 1.29 is 5.11 Å². The van der Waals surface area contributed by atoms with E-state index >= 15 is 0 Å². The number of rotatable bonds is 8. The zero-order chi connectivity index (χ0) is 15.0. The summed E-state index contributed by atoms with van der Waals surface area (Å²) in [5.41, 5.74) is 2.70. The maximum Gasteiger partial charge on any atom is 0.101 e. The Hall–Kier alpha value is -1.57. The molecule has 20 heavy (non-hydrogen) atoms. The molecule has 0 aromatic heterocycles. The van der Waals surface area contributed by atoms with Crippen LogP contribution in [0, 0.1) is 11.3 Å². The van der Waals surface area contributed by atoms with Crippen LogP contribution >= 0.6 is 0 Å². The minimum atomic E-state index is 0.0969. The van der Waals surface area contributed by atoms with Gasteiger partial charge in [0.15, 0.2) is 0 Å². The van der Waals surface area contributed by atoms with E-state index in [0.717, 1.165) is 30.6 Å². The SMILES string of the molecule is CCC(CC)N(CCO)c1ccc(CNC)cc1C#N. The lowest BCUT2D eigenvalue weighted by Crippen LogP contribution is -2.37. The Labute approximate surface area is 122 Å². The molecule has 0 fully saturated rings. The second-order valence-electron chi connectivity index (χ2n) is 4.88. The first-order valence-corrected chi connectivity index (χ1v) is 7.26. The van der Waals surface area contributed by atoms with Gasteiger partial charge in [0.05, 0.1) is 17.9 Å². The molecule has 0 atom stereocenters. The van der Waals surface area contributed by atoms with Gasteiger partial charge in [-0.05, 0) is 37.6 Å². The fourth-order valence-corrected chi connectivity index (χ4v) is 2.57. The molecule has 0 aliphatic rings. The van der Waals surface area contributed by atoms with E-state index in [9.17, 15) is 10.4 Å². The molecule has 0 aliphatic heterocycles. The molecule has 1 aromatic rings. The smallest absolute Gasteiger partial charge is 0.101 e. The van der Waals surface area contributed by atoms with Crippen LogP contribution in [0.3, 0.4) is 0 Å². The molecule has 1 aromatic carbocycles. The van der Waals surface area contributed by atoms with Gasteiger partial charge in [-0.3, -0.25) is 0 Å². The predicted molar refractivity (Wildman–Crippen MR) is 82.7 cm³/mol. The minimum Gasteiger partial charge on any atom is -0.395 e. The Morgan fingerprint density at radius 1 is 1.35 bits per heavy atom. The van der Waals surface area contributed by atoms with E-state index in [4.69, 9.17) is 0 Å². The second kappa shape index (κ2) is 8.57. The van der Waals surface area contributed by atoms with Gasteiger partial charge in [-0.25, -0.2) is 0 Å². The number of benzene rings is 1. The normalized spacial score (nSPS) is 10.6. The van der Waals surface area contributed by atoms with Gasteiger partial charge in [0, 0.05) is 19.1 Å². The van der Waals surface area contributed by atoms with Gasteiger partial charge in [-0.2, -0.15) is 5.26 Å². The van der Waals surface area contributed by atoms with Crippen LogP contribution in [0.1, 0.15) is 37.8 Å². The van der Waals surface area contributed by atoms with Crippen molar-refractivity contribution in [3.63, 3.8) is 0 Å². The molecule has 4 nitrogen and oxygen atoms in total. The maximum absolute atomic E-state index is 9.40. The second-order valence-corrected chi connectivity index (χ2v) is 4.88. The third-order valence-electron chi connectivity index (χ3n) is 3.60. The first-order chi connectivity index (χ1) is 9.71. The van der Waals surface area contributed by atoms with Gasteiger partial charge in [-0.15, -0.1) is 0 Å². The molecular weight excluding hydrogens is 250 g/mol. The summed E-state index contributed by atoms with van der Waals surface area (Å²) in [6, 6.07) is 8.61. The number of nitriles is 1. The molecular formula is C16H25N3O. The molecule has 0 spiro atoms. The van der Waals surface area contributed by atoms with Gasteiger partial charge in [0.2, 0.25) is 0 Å². The lowest BCUT2D eigenvalue weighted by atomic mass is 10.0. The van der Waals surface area contributed by atoms with Gasteiger partial charge in [0.25, 0.3) is 0 Å². The standard InChI is InChI=1S/C16H25N3O/c1-4-15(5-2)19(8-9-20)16-7-6-13(12-18-3)10-14(16)11-17/h6-7,10,15,18,20H,4-5,8-9,12H2,1-3H3. The Kier molecular flexibility index (Phi) is 7.06. The third kappa shape index (κ3) is 3.96. The largest absolute Gasteiger partial charge is 0.395 e. The summed E-state index contributed by atoms with van der Waals surface area (Å²) >= 11 is 0. The summed E-state index contributed by atoms with van der Waals surface area (Å²) in [6.45, 7) is 5.69. The average Bonchev–Trinajstić information content (AvgIpc) is 2.48. The molecule has 1 rings (SSSR count). The van der Waals surface area contributed by atoms with Gasteiger partial charge in [0.1, 0.15) is 6.07 Å². The molecule has 0 unspecified atom stereocenters. The quantitative estimate of drug-likeness (QED) is 0.764. The van der Waals surface area contributed by atoms with E-state index in [-0.39, 0.29) is 6.61 Å². The van der Waals surface area contributed by atoms with E-state index in [1.165, 1.54) is 0 Å². The van der Waals surface area contributed by atoms with Gasteiger partial charge in [-0.1, -0.05) is 19.9 Å². The molecule has 0 aliphatic carbocycles. The summed E-state index contributed by atoms with van der Waals surface area (Å²) in [4.78, 5) is 2.15. The first kappa shape index (κ1) is 16.5. The number of hydrogen-bond acceptors (Lipinski definition) is 4. The third-order valence-corrected chi connectivity index (χ3v) is 3.60. The van der Waals surface area contributed by atoms with Crippen LogP contribution in [0.2, 0.25) is 0 Å². The molecule has 0 heterocycles. The van der Waals surface area contributed by atoms with Crippen LogP contribution < -0.4 is 10.2 Å². The first-order valence-electron chi connectivity index (χ1n) is 7.26. The Morgan fingerprint density at radius 3 is 2.55 bits per heavy atom. The summed E-state index contributed by atoms with van der Waals surface area (Å²) < 4.78 is 0. The van der Waals surface area contributed by atoms with E-state index in [2.05, 4.69) is 30.1 Å². The highest BCUT2D eigenvalue weighted by Crippen LogP contribution is 2.25. The van der Waals surface area contributed by atoms with Crippen molar-refractivity contribution in [1.29, 1.82) is 5.26 Å². The molecule has 2 N–H and O–H groups in total. The van der Waals surface area contributed by atoms with Crippen molar-refractivity contribution in [2.24, 2.45) is 0 Å². The predicted octanol–water partition coefficient (Wildman–Crippen LogP) is 2.26. The van der Waals surface area contributed by atoms with E-state index < -0.39 is 0 Å². The zero-order valence-electron chi connectivity index (χ0n) is 12.7. The van der Waals surface area contributed by atoms with Crippen molar-refractivity contribution >= 4 is 5.69 Å². The molecule has 0 bridgehead atoms. The Balaban J connectivity index is 3.15. The monoisotopic (exact) mass is 275 g/mol. The number of anilines is 1. The van der Waals surface area contributed by atoms with Crippen molar-refractivity contribution in [3.8, 4) is 6.07 Å². The highest BCUT2D eigenvalue weighted by Gasteiger charge is 2.18. The molecule has 0 radical (unpaired) electrons. The lowest BCUT2D eigenvalue weighted by molar-refractivity contribution is 0.296. The molecule has 4 heteroatoms. The summed E-state index contributed by atoms with van der Waals surface area (Å²) in [5, 5.41) is 21.8. The van der Waals surface area contributed by atoms with Gasteiger partial charge < -0.3 is 15.3 Å². The average molecular weight is 275 g/mol. The number of nitrogens with zero attached hydrogens (tertiary/aromatic N) is 2. The highest BCUT2D eigenvalue weighted by atomic mass is 16.3. The van der Waals surface area contributed by atoms with Crippen LogP contribution in [-0.4, -0.2) is 31.3 Å². The Morgan fingerprint density at radius 2 is 2.05 bits per heavy atom. The van der Waals surface area contributed by atoms with Crippen LogP contribution in [0.15, 0.2) is 18.2 Å². The molecule has 0 saturated heterocycles. The summed E-state index contributed by atoms with van der Waals surface area (Å²) in [5.74, 6) is 0. The summed E-state index contributed by atoms with van der Waals surface area (Å²) in [7, 11) is 1.89. The van der Waals surface area contributed by atoms with Crippen molar-refractivity contribution in [3.05, 3.63) is 29.3 Å². The maximum atomic E-state index is 9.40. The topological polar surface area (TPSA) is 59.3 Å². The van der Waals surface area contributed by atoms with Crippen molar-refractivity contribution in [2.45, 2.75) is 39.3 Å². The lowest BCUT2D eigenvalue weighted by Gasteiger charge is -2.33. The fourth-order valence-electron chi connectivity index (χ4n) is 2.57. The zero-order valence-corrected chi connectivity index (χ0v) is 12.7. The fraction of sp³-hybridized carbons (Fsp3) is 0.562. The van der Waals surface area contributed by atoms with Crippen LogP contribution in [0.5, 0.6) is 0 Å². The minimum absolute atomic E-state index is 0.0969. The Bertz CT molecular complexity index is 450. The summed E-state index contributed by atoms with van der Waals surface area (Å²) in [6.07, 6.45) is 2.00. The van der Waals surface area contributed by atoms with Crippen LogP contribution in [-0.2, 0) is 6.54 Å². The van der Waals surface area contributed by atoms with E-state index in [1.807, 2.05) is 25.2 Å².